The zero-order valence-corrected chi connectivity index (χ0v) is 8.12. The molecule has 0 radical (unpaired) electrons. The second kappa shape index (κ2) is 4.98. The van der Waals surface area contributed by atoms with Crippen LogP contribution in [-0.2, 0) is 4.79 Å². The molecule has 1 atom stereocenters. The zero-order chi connectivity index (χ0) is 9.68. The van der Waals surface area contributed by atoms with E-state index < -0.39 is 0 Å². The summed E-state index contributed by atoms with van der Waals surface area (Å²) in [4.78, 5) is 13.5. The lowest BCUT2D eigenvalue weighted by molar-refractivity contribution is -0.125. The van der Waals surface area contributed by atoms with Gasteiger partial charge >= 0.3 is 0 Å². The highest BCUT2D eigenvalue weighted by Gasteiger charge is 2.22. The first kappa shape index (κ1) is 10.2. The molecule has 0 spiro atoms. The lowest BCUT2D eigenvalue weighted by Crippen LogP contribution is -2.39. The molecule has 72 valence electrons. The van der Waals surface area contributed by atoms with E-state index >= 15 is 0 Å². The fourth-order valence-corrected chi connectivity index (χ4v) is 1.68. The molecule has 0 bridgehead atoms. The molecule has 1 unspecified atom stereocenters. The van der Waals surface area contributed by atoms with Crippen molar-refractivity contribution in [2.45, 2.75) is 26.2 Å². The minimum absolute atomic E-state index is 0.191. The summed E-state index contributed by atoms with van der Waals surface area (Å²) < 4.78 is 0. The standard InChI is InChI=1S/C10H16N2O/c1-9-8-12(6-3-2-5-11)7-4-10(9)13/h9H,2-4,6-8H2,1H3. The third-order valence-corrected chi connectivity index (χ3v) is 2.52. The lowest BCUT2D eigenvalue weighted by atomic mass is 9.98. The van der Waals surface area contributed by atoms with Crippen LogP contribution in [0, 0.1) is 17.2 Å². The topological polar surface area (TPSA) is 44.1 Å². The minimum atomic E-state index is 0.191. The number of carbonyl (C=O) groups excluding carboxylic acids is 1. The van der Waals surface area contributed by atoms with Crippen LogP contribution in [0.5, 0.6) is 0 Å². The molecule has 0 aromatic heterocycles. The van der Waals surface area contributed by atoms with E-state index in [4.69, 9.17) is 5.26 Å². The molecule has 1 saturated heterocycles. The van der Waals surface area contributed by atoms with E-state index in [1.165, 1.54) is 0 Å². The number of piperidine rings is 1. The van der Waals surface area contributed by atoms with E-state index in [1.807, 2.05) is 6.92 Å². The molecule has 0 aliphatic carbocycles. The van der Waals surface area contributed by atoms with Crippen molar-refractivity contribution in [1.29, 1.82) is 5.26 Å². The Hall–Kier alpha value is -0.880. The first-order chi connectivity index (χ1) is 6.24. The van der Waals surface area contributed by atoms with E-state index in [1.54, 1.807) is 0 Å². The van der Waals surface area contributed by atoms with E-state index in [0.29, 0.717) is 18.6 Å². The van der Waals surface area contributed by atoms with Crippen LogP contribution in [0.15, 0.2) is 0 Å². The van der Waals surface area contributed by atoms with Gasteiger partial charge in [0.25, 0.3) is 0 Å². The smallest absolute Gasteiger partial charge is 0.138 e. The van der Waals surface area contributed by atoms with Crippen LogP contribution in [0.2, 0.25) is 0 Å². The molecule has 1 aliphatic heterocycles. The summed E-state index contributed by atoms with van der Waals surface area (Å²) in [6, 6.07) is 2.13. The predicted molar refractivity (Wildman–Crippen MR) is 50.1 cm³/mol. The summed E-state index contributed by atoms with van der Waals surface area (Å²) in [6.07, 6.45) is 2.24. The van der Waals surface area contributed by atoms with Crippen LogP contribution in [0.3, 0.4) is 0 Å². The summed E-state index contributed by atoms with van der Waals surface area (Å²) in [5, 5.41) is 8.37. The van der Waals surface area contributed by atoms with Crippen molar-refractivity contribution in [3.63, 3.8) is 0 Å². The first-order valence-corrected chi connectivity index (χ1v) is 4.86. The van der Waals surface area contributed by atoms with E-state index in [9.17, 15) is 4.79 Å². The number of Topliss-reactive ketones (excluding diaryl/α,β-unsaturated/α-hetero) is 1. The average molecular weight is 180 g/mol. The van der Waals surface area contributed by atoms with Gasteiger partial charge in [0.05, 0.1) is 6.07 Å². The Morgan fingerprint density at radius 3 is 3.08 bits per heavy atom. The quantitative estimate of drug-likeness (QED) is 0.613. The molecule has 13 heavy (non-hydrogen) atoms. The average Bonchev–Trinajstić information content (AvgIpc) is 2.12. The molecule has 1 heterocycles. The molecule has 0 amide bonds. The molecule has 0 saturated carbocycles. The monoisotopic (exact) mass is 180 g/mol. The number of rotatable bonds is 3. The fraction of sp³-hybridized carbons (Fsp3) is 0.800. The van der Waals surface area contributed by atoms with E-state index in [0.717, 1.165) is 26.1 Å². The van der Waals surface area contributed by atoms with Gasteiger partial charge in [-0.15, -0.1) is 0 Å². The van der Waals surface area contributed by atoms with Gasteiger partial charge in [0.1, 0.15) is 5.78 Å². The maximum absolute atomic E-state index is 11.2. The Labute approximate surface area is 79.3 Å². The fourth-order valence-electron chi connectivity index (χ4n) is 1.68. The third kappa shape index (κ3) is 3.16. The lowest BCUT2D eigenvalue weighted by Gasteiger charge is -2.29. The third-order valence-electron chi connectivity index (χ3n) is 2.52. The Bertz CT molecular complexity index is 219. The van der Waals surface area contributed by atoms with Gasteiger partial charge in [-0.05, 0) is 13.0 Å². The van der Waals surface area contributed by atoms with Gasteiger partial charge in [0, 0.05) is 31.8 Å². The number of ketones is 1. The van der Waals surface area contributed by atoms with Crippen molar-refractivity contribution in [2.24, 2.45) is 5.92 Å². The second-order valence-electron chi connectivity index (χ2n) is 3.68. The highest BCUT2D eigenvalue weighted by atomic mass is 16.1. The number of carbonyl (C=O) groups is 1. The van der Waals surface area contributed by atoms with Crippen LogP contribution in [0.25, 0.3) is 0 Å². The number of hydrogen-bond acceptors (Lipinski definition) is 3. The number of unbranched alkanes of at least 4 members (excludes halogenated alkanes) is 1. The molecule has 1 aliphatic rings. The summed E-state index contributed by atoms with van der Waals surface area (Å²) in [5.41, 5.74) is 0. The Kier molecular flexibility index (Phi) is 3.91. The predicted octanol–water partition coefficient (Wildman–Crippen LogP) is 1.20. The first-order valence-electron chi connectivity index (χ1n) is 4.86. The van der Waals surface area contributed by atoms with Crippen LogP contribution >= 0.6 is 0 Å². The minimum Gasteiger partial charge on any atom is -0.302 e. The molecular weight excluding hydrogens is 164 g/mol. The molecule has 0 aromatic rings. The van der Waals surface area contributed by atoms with Crippen molar-refractivity contribution >= 4 is 5.78 Å². The number of nitriles is 1. The Morgan fingerprint density at radius 1 is 1.69 bits per heavy atom. The Balaban J connectivity index is 2.22. The van der Waals surface area contributed by atoms with Crippen molar-refractivity contribution < 1.29 is 4.79 Å². The highest BCUT2D eigenvalue weighted by Crippen LogP contribution is 2.12. The van der Waals surface area contributed by atoms with E-state index in [-0.39, 0.29) is 5.92 Å². The molecule has 3 heteroatoms. The maximum Gasteiger partial charge on any atom is 0.138 e. The normalized spacial score (nSPS) is 24.3. The number of hydrogen-bond donors (Lipinski definition) is 0. The second-order valence-corrected chi connectivity index (χ2v) is 3.68. The van der Waals surface area contributed by atoms with Gasteiger partial charge in [-0.1, -0.05) is 6.92 Å². The van der Waals surface area contributed by atoms with Crippen LogP contribution < -0.4 is 0 Å². The summed E-state index contributed by atoms with van der Waals surface area (Å²) >= 11 is 0. The molecule has 1 fully saturated rings. The molecular formula is C10H16N2O. The van der Waals surface area contributed by atoms with Crippen molar-refractivity contribution in [3.05, 3.63) is 0 Å². The highest BCUT2D eigenvalue weighted by molar-refractivity contribution is 5.81. The van der Waals surface area contributed by atoms with Crippen molar-refractivity contribution in [2.75, 3.05) is 19.6 Å². The van der Waals surface area contributed by atoms with Gasteiger partial charge < -0.3 is 4.90 Å². The van der Waals surface area contributed by atoms with Gasteiger partial charge in [0.2, 0.25) is 0 Å². The summed E-state index contributed by atoms with van der Waals surface area (Å²) in [6.45, 7) is 4.71. The van der Waals surface area contributed by atoms with Crippen molar-refractivity contribution in [1.82, 2.24) is 4.90 Å². The Morgan fingerprint density at radius 2 is 2.46 bits per heavy atom. The maximum atomic E-state index is 11.2. The molecule has 0 aromatic carbocycles. The summed E-state index contributed by atoms with van der Waals surface area (Å²) in [7, 11) is 0. The number of nitrogens with zero attached hydrogens (tertiary/aromatic N) is 2. The van der Waals surface area contributed by atoms with Crippen molar-refractivity contribution in [3.8, 4) is 6.07 Å². The zero-order valence-electron chi connectivity index (χ0n) is 8.12. The van der Waals surface area contributed by atoms with Gasteiger partial charge in [-0.2, -0.15) is 5.26 Å². The van der Waals surface area contributed by atoms with Gasteiger partial charge in [-0.25, -0.2) is 0 Å². The van der Waals surface area contributed by atoms with Crippen LogP contribution in [0.1, 0.15) is 26.2 Å². The molecule has 0 N–H and O–H groups in total. The number of likely N-dealkylation sites (tertiary alicyclic amines) is 1. The van der Waals surface area contributed by atoms with Crippen LogP contribution in [0.4, 0.5) is 0 Å². The summed E-state index contributed by atoms with van der Waals surface area (Å²) in [5.74, 6) is 0.576. The van der Waals surface area contributed by atoms with Gasteiger partial charge in [0.15, 0.2) is 0 Å². The molecule has 1 rings (SSSR count). The van der Waals surface area contributed by atoms with Gasteiger partial charge in [-0.3, -0.25) is 4.79 Å². The van der Waals surface area contributed by atoms with Crippen LogP contribution in [-0.4, -0.2) is 30.3 Å². The largest absolute Gasteiger partial charge is 0.302 e. The molecule has 3 nitrogen and oxygen atoms in total. The van der Waals surface area contributed by atoms with E-state index in [2.05, 4.69) is 11.0 Å². The SMILES string of the molecule is CC1CN(CCCC#N)CCC1=O.